The normalized spacial score (nSPS) is 10.4. The fourth-order valence-corrected chi connectivity index (χ4v) is 1.84. The summed E-state index contributed by atoms with van der Waals surface area (Å²) in [6.45, 7) is 0. The summed E-state index contributed by atoms with van der Waals surface area (Å²) in [5.41, 5.74) is 1.07. The van der Waals surface area contributed by atoms with Gasteiger partial charge in [-0.25, -0.2) is 0 Å². The molecule has 2 heteroatoms. The largest absolute Gasteiger partial charge is 0.256 e. The standard InChI is InChI=1S/C10H9NS/c1-12-10-6-7-11-9-5-3-2-4-8(9)10/h2-7H,1H3. The molecule has 0 atom stereocenters. The highest BCUT2D eigenvalue weighted by atomic mass is 32.2. The van der Waals surface area contributed by atoms with Crippen molar-refractivity contribution in [2.24, 2.45) is 0 Å². The lowest BCUT2D eigenvalue weighted by atomic mass is 10.2. The van der Waals surface area contributed by atoms with E-state index in [4.69, 9.17) is 0 Å². The first-order valence-electron chi connectivity index (χ1n) is 3.79. The SMILES string of the molecule is CSc1ccnc2ccccc12. The van der Waals surface area contributed by atoms with Gasteiger partial charge in [-0.05, 0) is 18.4 Å². The molecule has 2 aromatic rings. The molecule has 0 radical (unpaired) electrons. The van der Waals surface area contributed by atoms with Crippen LogP contribution in [0, 0.1) is 0 Å². The van der Waals surface area contributed by atoms with Crippen molar-refractivity contribution < 1.29 is 0 Å². The molecule has 1 aromatic heterocycles. The number of hydrogen-bond acceptors (Lipinski definition) is 2. The lowest BCUT2D eigenvalue weighted by Gasteiger charge is -2.00. The smallest absolute Gasteiger partial charge is 0.0713 e. The molecule has 0 fully saturated rings. The maximum Gasteiger partial charge on any atom is 0.0713 e. The zero-order valence-corrected chi connectivity index (χ0v) is 7.64. The highest BCUT2D eigenvalue weighted by Crippen LogP contribution is 2.23. The van der Waals surface area contributed by atoms with Crippen LogP contribution in [0.3, 0.4) is 0 Å². The Labute approximate surface area is 75.8 Å². The van der Waals surface area contributed by atoms with Crippen molar-refractivity contribution in [2.75, 3.05) is 6.26 Å². The molecular formula is C10H9NS. The van der Waals surface area contributed by atoms with E-state index in [0.29, 0.717) is 0 Å². The van der Waals surface area contributed by atoms with E-state index in [9.17, 15) is 0 Å². The molecule has 60 valence electrons. The zero-order valence-electron chi connectivity index (χ0n) is 6.82. The van der Waals surface area contributed by atoms with Crippen molar-refractivity contribution in [3.05, 3.63) is 36.5 Å². The summed E-state index contributed by atoms with van der Waals surface area (Å²) in [4.78, 5) is 5.57. The van der Waals surface area contributed by atoms with Gasteiger partial charge in [0, 0.05) is 16.5 Å². The first-order valence-corrected chi connectivity index (χ1v) is 5.02. The molecule has 1 heterocycles. The van der Waals surface area contributed by atoms with Gasteiger partial charge in [0.15, 0.2) is 0 Å². The fraction of sp³-hybridized carbons (Fsp3) is 0.100. The third-order valence-electron chi connectivity index (χ3n) is 1.83. The molecule has 0 spiro atoms. The Kier molecular flexibility index (Phi) is 2.00. The summed E-state index contributed by atoms with van der Waals surface area (Å²) >= 11 is 1.76. The van der Waals surface area contributed by atoms with Crippen molar-refractivity contribution in [3.63, 3.8) is 0 Å². The molecule has 1 aromatic carbocycles. The van der Waals surface area contributed by atoms with Gasteiger partial charge in [-0.15, -0.1) is 11.8 Å². The van der Waals surface area contributed by atoms with Crippen LogP contribution in [0.5, 0.6) is 0 Å². The lowest BCUT2D eigenvalue weighted by Crippen LogP contribution is -1.79. The third-order valence-corrected chi connectivity index (χ3v) is 2.62. The van der Waals surface area contributed by atoms with Gasteiger partial charge in [-0.2, -0.15) is 0 Å². The van der Waals surface area contributed by atoms with Crippen LogP contribution in [0.25, 0.3) is 10.9 Å². The van der Waals surface area contributed by atoms with Crippen molar-refractivity contribution in [2.45, 2.75) is 4.90 Å². The molecule has 0 aliphatic carbocycles. The summed E-state index contributed by atoms with van der Waals surface area (Å²) < 4.78 is 0. The van der Waals surface area contributed by atoms with Crippen molar-refractivity contribution >= 4 is 22.7 Å². The number of hydrogen-bond donors (Lipinski definition) is 0. The van der Waals surface area contributed by atoms with E-state index in [1.54, 1.807) is 11.8 Å². The van der Waals surface area contributed by atoms with Crippen molar-refractivity contribution in [1.82, 2.24) is 4.98 Å². The Balaban J connectivity index is 2.79. The molecule has 0 saturated heterocycles. The minimum absolute atomic E-state index is 1.07. The molecule has 12 heavy (non-hydrogen) atoms. The van der Waals surface area contributed by atoms with E-state index in [2.05, 4.69) is 17.3 Å². The second-order valence-corrected chi connectivity index (χ2v) is 3.38. The summed E-state index contributed by atoms with van der Waals surface area (Å²) in [5.74, 6) is 0. The number of nitrogens with zero attached hydrogens (tertiary/aromatic N) is 1. The highest BCUT2D eigenvalue weighted by molar-refractivity contribution is 7.98. The second kappa shape index (κ2) is 3.15. The molecule has 0 unspecified atom stereocenters. The van der Waals surface area contributed by atoms with Gasteiger partial charge < -0.3 is 0 Å². The van der Waals surface area contributed by atoms with Gasteiger partial charge in [0.2, 0.25) is 0 Å². The minimum Gasteiger partial charge on any atom is -0.256 e. The number of para-hydroxylation sites is 1. The molecule has 0 amide bonds. The first-order chi connectivity index (χ1) is 5.92. The number of fused-ring (bicyclic) bond motifs is 1. The van der Waals surface area contributed by atoms with E-state index < -0.39 is 0 Å². The van der Waals surface area contributed by atoms with Gasteiger partial charge in [0.1, 0.15) is 0 Å². The molecule has 0 aliphatic rings. The molecule has 0 N–H and O–H groups in total. The maximum atomic E-state index is 4.28. The molecule has 0 aliphatic heterocycles. The average molecular weight is 175 g/mol. The van der Waals surface area contributed by atoms with E-state index >= 15 is 0 Å². The molecule has 0 saturated carbocycles. The van der Waals surface area contributed by atoms with Crippen LogP contribution in [-0.2, 0) is 0 Å². The average Bonchev–Trinajstić information content (AvgIpc) is 2.17. The quantitative estimate of drug-likeness (QED) is 0.618. The lowest BCUT2D eigenvalue weighted by molar-refractivity contribution is 1.36. The predicted octanol–water partition coefficient (Wildman–Crippen LogP) is 2.96. The fourth-order valence-electron chi connectivity index (χ4n) is 1.25. The van der Waals surface area contributed by atoms with Crippen molar-refractivity contribution in [3.8, 4) is 0 Å². The Morgan fingerprint density at radius 1 is 1.17 bits per heavy atom. The van der Waals surface area contributed by atoms with Gasteiger partial charge in [-0.1, -0.05) is 18.2 Å². The number of rotatable bonds is 1. The highest BCUT2D eigenvalue weighted by Gasteiger charge is 1.97. The molecule has 1 nitrogen and oxygen atoms in total. The number of pyridine rings is 1. The van der Waals surface area contributed by atoms with Crippen molar-refractivity contribution in [1.29, 1.82) is 0 Å². The zero-order chi connectivity index (χ0) is 8.39. The minimum atomic E-state index is 1.07. The number of benzene rings is 1. The second-order valence-electron chi connectivity index (χ2n) is 2.53. The van der Waals surface area contributed by atoms with Crippen LogP contribution in [-0.4, -0.2) is 11.2 Å². The first kappa shape index (κ1) is 7.62. The van der Waals surface area contributed by atoms with E-state index in [0.717, 1.165) is 5.52 Å². The van der Waals surface area contributed by atoms with Gasteiger partial charge in [0.05, 0.1) is 5.52 Å². The Morgan fingerprint density at radius 3 is 2.83 bits per heavy atom. The monoisotopic (exact) mass is 175 g/mol. The summed E-state index contributed by atoms with van der Waals surface area (Å²) in [7, 11) is 0. The van der Waals surface area contributed by atoms with Gasteiger partial charge >= 0.3 is 0 Å². The number of aromatic nitrogens is 1. The van der Waals surface area contributed by atoms with Crippen LogP contribution in [0.15, 0.2) is 41.4 Å². The maximum absolute atomic E-state index is 4.28. The van der Waals surface area contributed by atoms with E-state index in [1.807, 2.05) is 30.5 Å². The summed E-state index contributed by atoms with van der Waals surface area (Å²) in [6.07, 6.45) is 3.94. The van der Waals surface area contributed by atoms with Crippen LogP contribution in [0.2, 0.25) is 0 Å². The van der Waals surface area contributed by atoms with Gasteiger partial charge in [0.25, 0.3) is 0 Å². The summed E-state index contributed by atoms with van der Waals surface area (Å²) in [5, 5.41) is 1.24. The predicted molar refractivity (Wildman–Crippen MR) is 53.5 cm³/mol. The third kappa shape index (κ3) is 1.18. The van der Waals surface area contributed by atoms with Crippen LogP contribution in [0.4, 0.5) is 0 Å². The Morgan fingerprint density at radius 2 is 2.00 bits per heavy atom. The van der Waals surface area contributed by atoms with Gasteiger partial charge in [-0.3, -0.25) is 4.98 Å². The van der Waals surface area contributed by atoms with Crippen LogP contribution >= 0.6 is 11.8 Å². The molecule has 2 rings (SSSR count). The summed E-state index contributed by atoms with van der Waals surface area (Å²) in [6, 6.07) is 10.2. The van der Waals surface area contributed by atoms with Crippen LogP contribution < -0.4 is 0 Å². The molecule has 0 bridgehead atoms. The van der Waals surface area contributed by atoms with Crippen LogP contribution in [0.1, 0.15) is 0 Å². The van der Waals surface area contributed by atoms with E-state index in [1.165, 1.54) is 10.3 Å². The molecular weight excluding hydrogens is 166 g/mol. The number of thioether (sulfide) groups is 1. The Hall–Kier alpha value is -1.02. The topological polar surface area (TPSA) is 12.9 Å². The van der Waals surface area contributed by atoms with E-state index in [-0.39, 0.29) is 0 Å². The Bertz CT molecular complexity index is 392.